The third kappa shape index (κ3) is 4.41. The number of hydroxylamine groups is 1. The predicted octanol–water partition coefficient (Wildman–Crippen LogP) is 2.91. The van der Waals surface area contributed by atoms with Crippen molar-refractivity contribution in [2.45, 2.75) is 33.6 Å². The fourth-order valence-electron chi connectivity index (χ4n) is 3.13. The Hall–Kier alpha value is -3.46. The molecule has 0 saturated carbocycles. The van der Waals surface area contributed by atoms with Crippen LogP contribution in [0.2, 0.25) is 0 Å². The molecule has 9 heteroatoms. The van der Waals surface area contributed by atoms with E-state index in [-0.39, 0.29) is 11.8 Å². The minimum absolute atomic E-state index is 0.133. The molecule has 2 heterocycles. The highest BCUT2D eigenvalue weighted by Crippen LogP contribution is 2.27. The summed E-state index contributed by atoms with van der Waals surface area (Å²) in [5.41, 5.74) is 6.43. The van der Waals surface area contributed by atoms with Crippen LogP contribution in [0.25, 0.3) is 5.52 Å². The van der Waals surface area contributed by atoms with E-state index >= 15 is 0 Å². The molecule has 3 rings (SSSR count). The fourth-order valence-corrected chi connectivity index (χ4v) is 3.13. The Labute approximate surface area is 174 Å². The quantitative estimate of drug-likeness (QED) is 0.389. The number of carbonyl (C=O) groups excluding carboxylic acids is 2. The number of nitrogens with zero attached hydrogens (tertiary/aromatic N) is 3. The number of unbranched alkanes of at least 4 members (excludes halogenated alkanes) is 1. The Morgan fingerprint density at radius 2 is 2.00 bits per heavy atom. The highest BCUT2D eigenvalue weighted by molar-refractivity contribution is 5.99. The summed E-state index contributed by atoms with van der Waals surface area (Å²) in [7, 11) is 1.38. The van der Waals surface area contributed by atoms with Gasteiger partial charge in [0.2, 0.25) is 0 Å². The summed E-state index contributed by atoms with van der Waals surface area (Å²) in [4.78, 5) is 33.7. The van der Waals surface area contributed by atoms with Gasteiger partial charge in [0.05, 0.1) is 12.7 Å². The molecule has 3 N–H and O–H groups in total. The van der Waals surface area contributed by atoms with Crippen molar-refractivity contribution in [3.63, 3.8) is 0 Å². The zero-order valence-corrected chi connectivity index (χ0v) is 17.6. The van der Waals surface area contributed by atoms with Crippen LogP contribution in [0.3, 0.4) is 0 Å². The molecule has 0 fully saturated rings. The van der Waals surface area contributed by atoms with Crippen molar-refractivity contribution >= 4 is 28.8 Å². The normalized spacial score (nSPS) is 10.8. The fraction of sp³-hybridized carbons (Fsp3) is 0.333. The molecule has 0 unspecified atom stereocenters. The summed E-state index contributed by atoms with van der Waals surface area (Å²) >= 11 is 0. The molecule has 0 aliphatic heterocycles. The molecule has 30 heavy (non-hydrogen) atoms. The Kier molecular flexibility index (Phi) is 6.63. The van der Waals surface area contributed by atoms with Crippen molar-refractivity contribution in [2.24, 2.45) is 0 Å². The molecule has 0 radical (unpaired) electrons. The number of anilines is 2. The van der Waals surface area contributed by atoms with Crippen LogP contribution in [0.4, 0.5) is 11.5 Å². The van der Waals surface area contributed by atoms with E-state index in [9.17, 15) is 9.59 Å². The van der Waals surface area contributed by atoms with Gasteiger partial charge >= 0.3 is 0 Å². The van der Waals surface area contributed by atoms with Gasteiger partial charge in [-0.1, -0.05) is 19.4 Å². The maximum Gasteiger partial charge on any atom is 0.274 e. The molecule has 158 valence electrons. The second kappa shape index (κ2) is 9.36. The molecule has 0 atom stereocenters. The van der Waals surface area contributed by atoms with Crippen LogP contribution in [-0.2, 0) is 4.84 Å². The van der Waals surface area contributed by atoms with Gasteiger partial charge in [0.1, 0.15) is 11.8 Å². The minimum atomic E-state index is -0.349. The van der Waals surface area contributed by atoms with Crippen molar-refractivity contribution < 1.29 is 14.4 Å². The Morgan fingerprint density at radius 3 is 2.73 bits per heavy atom. The molecule has 0 spiro atoms. The lowest BCUT2D eigenvalue weighted by atomic mass is 10.1. The lowest BCUT2D eigenvalue weighted by Gasteiger charge is -2.12. The number of nitrogens with one attached hydrogen (secondary N) is 3. The number of fused-ring (bicyclic) bond motifs is 1. The number of hydrogen-bond donors (Lipinski definition) is 3. The highest BCUT2D eigenvalue weighted by Gasteiger charge is 2.18. The second-order valence-corrected chi connectivity index (χ2v) is 6.97. The molecule has 2 amide bonds. The van der Waals surface area contributed by atoms with Crippen LogP contribution in [0.5, 0.6) is 0 Å². The van der Waals surface area contributed by atoms with E-state index in [0.29, 0.717) is 34.7 Å². The van der Waals surface area contributed by atoms with Crippen LogP contribution in [0.1, 0.15) is 51.6 Å². The molecule has 0 aliphatic carbocycles. The Morgan fingerprint density at radius 1 is 1.20 bits per heavy atom. The minimum Gasteiger partial charge on any atom is -0.352 e. The van der Waals surface area contributed by atoms with Gasteiger partial charge in [-0.15, -0.1) is 0 Å². The molecule has 0 saturated heterocycles. The van der Waals surface area contributed by atoms with E-state index in [2.05, 4.69) is 33.1 Å². The second-order valence-electron chi connectivity index (χ2n) is 6.97. The summed E-state index contributed by atoms with van der Waals surface area (Å²) in [5, 5.41) is 10.4. The van der Waals surface area contributed by atoms with Crippen LogP contribution in [-0.4, -0.2) is 40.1 Å². The summed E-state index contributed by atoms with van der Waals surface area (Å²) in [5.74, 6) is 0.0626. The molecule has 0 bridgehead atoms. The topological polar surface area (TPSA) is 110 Å². The first-order valence-electron chi connectivity index (χ1n) is 9.78. The van der Waals surface area contributed by atoms with Crippen molar-refractivity contribution in [1.29, 1.82) is 0 Å². The zero-order chi connectivity index (χ0) is 21.7. The smallest absolute Gasteiger partial charge is 0.274 e. The van der Waals surface area contributed by atoms with E-state index in [1.54, 1.807) is 22.8 Å². The number of hydrogen-bond acceptors (Lipinski definition) is 6. The van der Waals surface area contributed by atoms with Gasteiger partial charge in [-0.05, 0) is 43.5 Å². The number of carbonyl (C=O) groups is 2. The first-order valence-corrected chi connectivity index (χ1v) is 9.78. The number of aryl methyl sites for hydroxylation is 2. The van der Waals surface area contributed by atoms with Crippen LogP contribution in [0.15, 0.2) is 30.7 Å². The molecular weight excluding hydrogens is 384 g/mol. The Balaban J connectivity index is 1.95. The van der Waals surface area contributed by atoms with Crippen molar-refractivity contribution in [3.05, 3.63) is 53.0 Å². The van der Waals surface area contributed by atoms with Crippen molar-refractivity contribution in [1.82, 2.24) is 25.4 Å². The van der Waals surface area contributed by atoms with E-state index in [0.717, 1.165) is 24.0 Å². The number of aromatic nitrogens is 3. The lowest BCUT2D eigenvalue weighted by Crippen LogP contribution is -2.24. The van der Waals surface area contributed by atoms with E-state index in [1.807, 2.05) is 19.9 Å². The van der Waals surface area contributed by atoms with E-state index < -0.39 is 0 Å². The standard InChI is InChI=1S/C21H26N6O3/c1-5-6-9-22-21(29)16-11-27-18(14(16)3)19(23-12-24-27)25-17-10-15(8-7-13(17)2)20(28)26-30-4/h7-8,10-12H,5-6,9H2,1-4H3,(H,22,29)(H,26,28)(H,23,24,25). The maximum absolute atomic E-state index is 12.6. The van der Waals surface area contributed by atoms with Gasteiger partial charge in [0.25, 0.3) is 11.8 Å². The number of rotatable bonds is 8. The van der Waals surface area contributed by atoms with Gasteiger partial charge in [-0.25, -0.2) is 15.0 Å². The average Bonchev–Trinajstić information content (AvgIpc) is 3.07. The molecule has 2 aromatic heterocycles. The third-order valence-corrected chi connectivity index (χ3v) is 4.83. The first-order chi connectivity index (χ1) is 14.5. The summed E-state index contributed by atoms with van der Waals surface area (Å²) in [6.45, 7) is 6.50. The monoisotopic (exact) mass is 410 g/mol. The van der Waals surface area contributed by atoms with Gasteiger partial charge in [-0.3, -0.25) is 14.4 Å². The van der Waals surface area contributed by atoms with Crippen LogP contribution in [0, 0.1) is 13.8 Å². The SMILES string of the molecule is CCCCNC(=O)c1cn2ncnc(Nc3cc(C(=O)NOC)ccc3C)c2c1C. The maximum atomic E-state index is 12.6. The summed E-state index contributed by atoms with van der Waals surface area (Å²) in [6, 6.07) is 5.27. The molecule has 9 nitrogen and oxygen atoms in total. The highest BCUT2D eigenvalue weighted by atomic mass is 16.6. The summed E-state index contributed by atoms with van der Waals surface area (Å²) in [6.07, 6.45) is 5.06. The first kappa shape index (κ1) is 21.3. The van der Waals surface area contributed by atoms with Crippen LogP contribution >= 0.6 is 0 Å². The van der Waals surface area contributed by atoms with Gasteiger partial charge in [0.15, 0.2) is 5.82 Å². The average molecular weight is 410 g/mol. The number of amides is 2. The molecule has 3 aromatic rings. The van der Waals surface area contributed by atoms with Gasteiger partial charge in [0, 0.05) is 24.0 Å². The Bertz CT molecular complexity index is 1080. The summed E-state index contributed by atoms with van der Waals surface area (Å²) < 4.78 is 1.64. The van der Waals surface area contributed by atoms with E-state index in [1.165, 1.54) is 13.4 Å². The van der Waals surface area contributed by atoms with Crippen molar-refractivity contribution in [3.8, 4) is 0 Å². The van der Waals surface area contributed by atoms with E-state index in [4.69, 9.17) is 4.84 Å². The van der Waals surface area contributed by atoms with Gasteiger partial charge in [-0.2, -0.15) is 5.10 Å². The zero-order valence-electron chi connectivity index (χ0n) is 17.6. The number of benzene rings is 1. The van der Waals surface area contributed by atoms with Crippen LogP contribution < -0.4 is 16.1 Å². The van der Waals surface area contributed by atoms with Crippen molar-refractivity contribution in [2.75, 3.05) is 19.0 Å². The third-order valence-electron chi connectivity index (χ3n) is 4.83. The predicted molar refractivity (Wildman–Crippen MR) is 114 cm³/mol. The van der Waals surface area contributed by atoms with Gasteiger partial charge < -0.3 is 10.6 Å². The molecule has 0 aliphatic rings. The lowest BCUT2D eigenvalue weighted by molar-refractivity contribution is 0.0537. The molecular formula is C21H26N6O3. The largest absolute Gasteiger partial charge is 0.352 e. The molecule has 1 aromatic carbocycles.